The fraction of sp³-hybridized carbons (Fsp3) is 0.667. The Kier molecular flexibility index (Phi) is 10.0. The molecule has 0 saturated carbocycles. The van der Waals surface area contributed by atoms with Crippen LogP contribution < -0.4 is 15.4 Å². The summed E-state index contributed by atoms with van der Waals surface area (Å²) in [6.07, 6.45) is 2.76. The molecule has 1 unspecified atom stereocenters. The SMILES string of the molecule is CC(C)COc1ccccc1C(CC(C)C)NC(=O)C1CCNCC1.Cl. The molecule has 0 radical (unpaired) electrons. The summed E-state index contributed by atoms with van der Waals surface area (Å²) in [6, 6.07) is 8.14. The van der Waals surface area contributed by atoms with Crippen LogP contribution in [0.2, 0.25) is 0 Å². The molecule has 0 spiro atoms. The van der Waals surface area contributed by atoms with Crippen LogP contribution in [0.25, 0.3) is 0 Å². The van der Waals surface area contributed by atoms with E-state index < -0.39 is 0 Å². The Morgan fingerprint density at radius 1 is 1.15 bits per heavy atom. The Morgan fingerprint density at radius 2 is 1.81 bits per heavy atom. The van der Waals surface area contributed by atoms with Crippen LogP contribution in [0, 0.1) is 17.8 Å². The van der Waals surface area contributed by atoms with Crippen molar-refractivity contribution in [2.75, 3.05) is 19.7 Å². The number of halogens is 1. The number of carbonyl (C=O) groups is 1. The third-order valence-electron chi connectivity index (χ3n) is 4.60. The lowest BCUT2D eigenvalue weighted by atomic mass is 9.93. The molecule has 0 aromatic heterocycles. The third kappa shape index (κ3) is 7.16. The van der Waals surface area contributed by atoms with Gasteiger partial charge in [-0.2, -0.15) is 0 Å². The van der Waals surface area contributed by atoms with Crippen molar-refractivity contribution in [3.8, 4) is 5.75 Å². The van der Waals surface area contributed by atoms with Crippen molar-refractivity contribution >= 4 is 18.3 Å². The predicted molar refractivity (Wildman–Crippen MR) is 110 cm³/mol. The predicted octanol–water partition coefficient (Wildman–Crippen LogP) is 4.35. The van der Waals surface area contributed by atoms with Gasteiger partial charge in [0.1, 0.15) is 5.75 Å². The molecular formula is C21H35ClN2O2. The molecule has 1 aromatic rings. The summed E-state index contributed by atoms with van der Waals surface area (Å²) in [5, 5.41) is 6.64. The van der Waals surface area contributed by atoms with Gasteiger partial charge in [-0.15, -0.1) is 12.4 Å². The van der Waals surface area contributed by atoms with E-state index >= 15 is 0 Å². The minimum atomic E-state index is 0. The highest BCUT2D eigenvalue weighted by atomic mass is 35.5. The third-order valence-corrected chi connectivity index (χ3v) is 4.60. The molecule has 2 rings (SSSR count). The average Bonchev–Trinajstić information content (AvgIpc) is 2.60. The zero-order chi connectivity index (χ0) is 18.2. The second-order valence-corrected chi connectivity index (χ2v) is 7.96. The summed E-state index contributed by atoms with van der Waals surface area (Å²) in [5.41, 5.74) is 1.10. The lowest BCUT2D eigenvalue weighted by molar-refractivity contribution is -0.126. The molecule has 0 bridgehead atoms. The van der Waals surface area contributed by atoms with Crippen molar-refractivity contribution in [2.45, 2.75) is 53.0 Å². The van der Waals surface area contributed by atoms with E-state index in [1.54, 1.807) is 0 Å². The van der Waals surface area contributed by atoms with Gasteiger partial charge in [-0.1, -0.05) is 45.9 Å². The number of piperidine rings is 1. The topological polar surface area (TPSA) is 50.4 Å². The highest BCUT2D eigenvalue weighted by Gasteiger charge is 2.25. The molecule has 4 nitrogen and oxygen atoms in total. The van der Waals surface area contributed by atoms with Gasteiger partial charge >= 0.3 is 0 Å². The van der Waals surface area contributed by atoms with Crippen molar-refractivity contribution < 1.29 is 9.53 Å². The van der Waals surface area contributed by atoms with Crippen molar-refractivity contribution in [3.05, 3.63) is 29.8 Å². The van der Waals surface area contributed by atoms with E-state index in [9.17, 15) is 4.79 Å². The molecule has 1 amide bonds. The smallest absolute Gasteiger partial charge is 0.223 e. The number of rotatable bonds is 8. The van der Waals surface area contributed by atoms with Crippen molar-refractivity contribution in [3.63, 3.8) is 0 Å². The van der Waals surface area contributed by atoms with Crippen LogP contribution in [-0.4, -0.2) is 25.6 Å². The Labute approximate surface area is 164 Å². The number of nitrogens with one attached hydrogen (secondary N) is 2. The van der Waals surface area contributed by atoms with Crippen molar-refractivity contribution in [1.29, 1.82) is 0 Å². The van der Waals surface area contributed by atoms with E-state index in [1.165, 1.54) is 0 Å². The van der Waals surface area contributed by atoms with Gasteiger partial charge in [-0.3, -0.25) is 4.79 Å². The van der Waals surface area contributed by atoms with Gasteiger partial charge in [-0.25, -0.2) is 0 Å². The van der Waals surface area contributed by atoms with Crippen LogP contribution in [0.1, 0.15) is 58.6 Å². The fourth-order valence-corrected chi connectivity index (χ4v) is 3.27. The van der Waals surface area contributed by atoms with Gasteiger partial charge in [-0.05, 0) is 50.3 Å². The maximum Gasteiger partial charge on any atom is 0.223 e. The van der Waals surface area contributed by atoms with Gasteiger partial charge in [0.05, 0.1) is 12.6 Å². The summed E-state index contributed by atoms with van der Waals surface area (Å²) in [7, 11) is 0. The van der Waals surface area contributed by atoms with Gasteiger partial charge in [0.15, 0.2) is 0 Å². The fourth-order valence-electron chi connectivity index (χ4n) is 3.27. The molecule has 2 N–H and O–H groups in total. The van der Waals surface area contributed by atoms with E-state index in [-0.39, 0.29) is 30.3 Å². The number of hydrogen-bond acceptors (Lipinski definition) is 3. The number of para-hydroxylation sites is 1. The molecule has 1 heterocycles. The highest BCUT2D eigenvalue weighted by Crippen LogP contribution is 2.30. The summed E-state index contributed by atoms with van der Waals surface area (Å²) in [4.78, 5) is 12.8. The monoisotopic (exact) mass is 382 g/mol. The van der Waals surface area contributed by atoms with Crippen LogP contribution in [0.3, 0.4) is 0 Å². The normalized spacial score (nSPS) is 16.2. The second-order valence-electron chi connectivity index (χ2n) is 7.96. The molecule has 1 fully saturated rings. The summed E-state index contributed by atoms with van der Waals surface area (Å²) in [5.74, 6) is 2.18. The van der Waals surface area contributed by atoms with E-state index in [0.29, 0.717) is 18.4 Å². The molecule has 1 aliphatic rings. The maximum atomic E-state index is 12.8. The van der Waals surface area contributed by atoms with Crippen molar-refractivity contribution in [2.24, 2.45) is 17.8 Å². The van der Waals surface area contributed by atoms with Gasteiger partial charge in [0, 0.05) is 11.5 Å². The van der Waals surface area contributed by atoms with Gasteiger partial charge in [0.2, 0.25) is 5.91 Å². The Balaban J connectivity index is 0.00000338. The maximum absolute atomic E-state index is 12.8. The first-order valence-corrected chi connectivity index (χ1v) is 9.70. The molecule has 1 saturated heterocycles. The van der Waals surface area contributed by atoms with Crippen LogP contribution in [0.5, 0.6) is 5.75 Å². The number of benzene rings is 1. The van der Waals surface area contributed by atoms with Crippen LogP contribution in [0.4, 0.5) is 0 Å². The van der Waals surface area contributed by atoms with E-state index in [2.05, 4.69) is 44.4 Å². The van der Waals surface area contributed by atoms with Crippen LogP contribution >= 0.6 is 12.4 Å². The number of amides is 1. The lowest BCUT2D eigenvalue weighted by Gasteiger charge is -2.28. The summed E-state index contributed by atoms with van der Waals surface area (Å²) < 4.78 is 6.03. The Morgan fingerprint density at radius 3 is 2.42 bits per heavy atom. The number of hydrogen-bond donors (Lipinski definition) is 2. The molecule has 1 aliphatic heterocycles. The largest absolute Gasteiger partial charge is 0.493 e. The number of carbonyl (C=O) groups excluding carboxylic acids is 1. The molecule has 148 valence electrons. The molecule has 0 aliphatic carbocycles. The summed E-state index contributed by atoms with van der Waals surface area (Å²) >= 11 is 0. The first-order valence-electron chi connectivity index (χ1n) is 9.70. The van der Waals surface area contributed by atoms with Crippen molar-refractivity contribution in [1.82, 2.24) is 10.6 Å². The van der Waals surface area contributed by atoms with E-state index in [4.69, 9.17) is 4.74 Å². The first-order chi connectivity index (χ1) is 12.0. The zero-order valence-corrected chi connectivity index (χ0v) is 17.4. The first kappa shape index (κ1) is 22.8. The lowest BCUT2D eigenvalue weighted by Crippen LogP contribution is -2.40. The average molecular weight is 383 g/mol. The van der Waals surface area contributed by atoms with E-state index in [1.807, 2.05) is 18.2 Å². The molecule has 1 aromatic carbocycles. The molecular weight excluding hydrogens is 348 g/mol. The minimum Gasteiger partial charge on any atom is -0.493 e. The van der Waals surface area contributed by atoms with Gasteiger partial charge in [0.25, 0.3) is 0 Å². The van der Waals surface area contributed by atoms with E-state index in [0.717, 1.165) is 43.7 Å². The zero-order valence-electron chi connectivity index (χ0n) is 16.6. The van der Waals surface area contributed by atoms with Crippen LogP contribution in [0.15, 0.2) is 24.3 Å². The second kappa shape index (κ2) is 11.5. The molecule has 1 atom stereocenters. The molecule has 5 heteroatoms. The quantitative estimate of drug-likeness (QED) is 0.702. The summed E-state index contributed by atoms with van der Waals surface area (Å²) in [6.45, 7) is 11.2. The Bertz CT molecular complexity index is 543. The number of ether oxygens (including phenoxy) is 1. The molecule has 26 heavy (non-hydrogen) atoms. The highest BCUT2D eigenvalue weighted by molar-refractivity contribution is 5.85. The Hall–Kier alpha value is -1.26. The van der Waals surface area contributed by atoms with Crippen LogP contribution in [-0.2, 0) is 4.79 Å². The standard InChI is InChI=1S/C21H34N2O2.ClH/c1-15(2)13-19(23-21(24)17-9-11-22-12-10-17)18-7-5-6-8-20(18)25-14-16(3)4;/h5-8,15-17,19,22H,9-14H2,1-4H3,(H,23,24);1H. The van der Waals surface area contributed by atoms with Gasteiger partial charge < -0.3 is 15.4 Å². The minimum absolute atomic E-state index is 0.